The normalized spacial score (nSPS) is 20.4. The SMILES string of the molecule is CC(=O)N1[C@@H](C(=O)OCC(=O)c2ccc3c(c2)OCCO3)CS[C@@H]1c1ccco1. The number of hydrogen-bond acceptors (Lipinski definition) is 8. The van der Waals surface area contributed by atoms with Gasteiger partial charge in [-0.05, 0) is 30.3 Å². The Balaban J connectivity index is 1.40. The molecular weight excluding hydrogens is 398 g/mol. The Labute approximate surface area is 171 Å². The van der Waals surface area contributed by atoms with Crippen LogP contribution in [0.1, 0.15) is 28.4 Å². The number of rotatable bonds is 5. The van der Waals surface area contributed by atoms with Crippen LogP contribution in [0.4, 0.5) is 0 Å². The molecule has 9 heteroatoms. The average Bonchev–Trinajstić information content (AvgIpc) is 3.40. The van der Waals surface area contributed by atoms with Gasteiger partial charge in [0, 0.05) is 18.2 Å². The second-order valence-electron chi connectivity index (χ2n) is 6.53. The minimum atomic E-state index is -0.777. The number of furan rings is 1. The zero-order valence-electron chi connectivity index (χ0n) is 15.7. The van der Waals surface area contributed by atoms with Crippen molar-refractivity contribution in [3.8, 4) is 11.5 Å². The summed E-state index contributed by atoms with van der Waals surface area (Å²) in [5.41, 5.74) is 0.361. The van der Waals surface area contributed by atoms with Gasteiger partial charge in [0.05, 0.1) is 6.26 Å². The summed E-state index contributed by atoms with van der Waals surface area (Å²) >= 11 is 1.41. The van der Waals surface area contributed by atoms with Gasteiger partial charge in [0.15, 0.2) is 23.9 Å². The highest BCUT2D eigenvalue weighted by atomic mass is 32.2. The molecule has 8 nitrogen and oxygen atoms in total. The van der Waals surface area contributed by atoms with Crippen LogP contribution in [-0.4, -0.2) is 54.2 Å². The fraction of sp³-hybridized carbons (Fsp3) is 0.350. The van der Waals surface area contributed by atoms with Crippen LogP contribution in [0.25, 0.3) is 0 Å². The van der Waals surface area contributed by atoms with Crippen LogP contribution in [-0.2, 0) is 14.3 Å². The number of esters is 1. The summed E-state index contributed by atoms with van der Waals surface area (Å²) in [5.74, 6) is 0.774. The topological polar surface area (TPSA) is 95.3 Å². The Morgan fingerprint density at radius 3 is 2.69 bits per heavy atom. The molecule has 2 aromatic rings. The van der Waals surface area contributed by atoms with Gasteiger partial charge in [0.1, 0.15) is 30.4 Å². The number of ether oxygens (including phenoxy) is 3. The smallest absolute Gasteiger partial charge is 0.330 e. The fourth-order valence-electron chi connectivity index (χ4n) is 3.26. The van der Waals surface area contributed by atoms with Crippen molar-refractivity contribution in [2.24, 2.45) is 0 Å². The van der Waals surface area contributed by atoms with Gasteiger partial charge in [-0.25, -0.2) is 4.79 Å². The molecule has 1 aromatic heterocycles. The monoisotopic (exact) mass is 417 g/mol. The summed E-state index contributed by atoms with van der Waals surface area (Å²) in [6.45, 7) is 1.85. The number of nitrogens with zero attached hydrogens (tertiary/aromatic N) is 1. The van der Waals surface area contributed by atoms with E-state index in [2.05, 4.69) is 0 Å². The number of amides is 1. The van der Waals surface area contributed by atoms with Crippen molar-refractivity contribution < 1.29 is 33.0 Å². The molecule has 2 aliphatic heterocycles. The van der Waals surface area contributed by atoms with Crippen LogP contribution in [0, 0.1) is 0 Å². The third kappa shape index (κ3) is 3.95. The molecule has 2 atom stereocenters. The number of Topliss-reactive ketones (excluding diaryl/α,β-unsaturated/α-hetero) is 1. The van der Waals surface area contributed by atoms with Gasteiger partial charge >= 0.3 is 5.97 Å². The summed E-state index contributed by atoms with van der Waals surface area (Å²) in [5, 5.41) is -0.395. The maximum absolute atomic E-state index is 12.6. The highest BCUT2D eigenvalue weighted by molar-refractivity contribution is 7.99. The van der Waals surface area contributed by atoms with E-state index < -0.39 is 24.0 Å². The highest BCUT2D eigenvalue weighted by Gasteiger charge is 2.43. The van der Waals surface area contributed by atoms with E-state index >= 15 is 0 Å². The Bertz CT molecular complexity index is 927. The molecule has 1 saturated heterocycles. The van der Waals surface area contributed by atoms with Gasteiger partial charge in [0.2, 0.25) is 5.91 Å². The quantitative estimate of drug-likeness (QED) is 0.541. The number of benzene rings is 1. The van der Waals surface area contributed by atoms with Crippen molar-refractivity contribution in [3.63, 3.8) is 0 Å². The molecule has 3 heterocycles. The predicted molar refractivity (Wildman–Crippen MR) is 103 cm³/mol. The zero-order chi connectivity index (χ0) is 20.4. The summed E-state index contributed by atoms with van der Waals surface area (Å²) in [4.78, 5) is 38.6. The molecule has 1 amide bonds. The standard InChI is InChI=1S/C20H19NO7S/c1-12(22)21-14(11-29-19(21)17-3-2-6-25-17)20(24)28-10-15(23)13-4-5-16-18(9-13)27-8-7-26-16/h2-6,9,14,19H,7-8,10-11H2,1H3/t14-,19-/m1/s1. The molecule has 0 radical (unpaired) electrons. The number of thioether (sulfide) groups is 1. The third-order valence-corrected chi connectivity index (χ3v) is 5.92. The van der Waals surface area contributed by atoms with Crippen LogP contribution in [0.5, 0.6) is 11.5 Å². The van der Waals surface area contributed by atoms with Crippen molar-refractivity contribution in [2.75, 3.05) is 25.6 Å². The summed E-state index contributed by atoms with van der Waals surface area (Å²) < 4.78 is 21.5. The first-order chi connectivity index (χ1) is 14.0. The molecular formula is C20H19NO7S. The molecule has 0 N–H and O–H groups in total. The van der Waals surface area contributed by atoms with E-state index in [-0.39, 0.29) is 11.7 Å². The van der Waals surface area contributed by atoms with E-state index in [1.54, 1.807) is 30.3 Å². The number of carbonyl (C=O) groups is 3. The molecule has 29 heavy (non-hydrogen) atoms. The van der Waals surface area contributed by atoms with Crippen molar-refractivity contribution in [2.45, 2.75) is 18.3 Å². The summed E-state index contributed by atoms with van der Waals surface area (Å²) in [7, 11) is 0. The van der Waals surface area contributed by atoms with Crippen molar-refractivity contribution in [1.29, 1.82) is 0 Å². The Morgan fingerprint density at radius 2 is 1.97 bits per heavy atom. The lowest BCUT2D eigenvalue weighted by molar-refractivity contribution is -0.152. The lowest BCUT2D eigenvalue weighted by Crippen LogP contribution is -2.43. The number of ketones is 1. The Hall–Kier alpha value is -2.94. The lowest BCUT2D eigenvalue weighted by Gasteiger charge is -2.25. The van der Waals surface area contributed by atoms with Crippen molar-refractivity contribution >= 4 is 29.4 Å². The van der Waals surface area contributed by atoms with Gasteiger partial charge < -0.3 is 23.5 Å². The Kier molecular flexibility index (Phi) is 5.48. The average molecular weight is 417 g/mol. The second-order valence-corrected chi connectivity index (χ2v) is 7.65. The molecule has 0 aliphatic carbocycles. The molecule has 1 fully saturated rings. The maximum atomic E-state index is 12.6. The summed E-state index contributed by atoms with van der Waals surface area (Å²) in [6.07, 6.45) is 1.52. The first-order valence-corrected chi connectivity index (χ1v) is 10.1. The van der Waals surface area contributed by atoms with E-state index in [4.69, 9.17) is 18.6 Å². The lowest BCUT2D eigenvalue weighted by atomic mass is 10.1. The first kappa shape index (κ1) is 19.4. The van der Waals surface area contributed by atoms with Gasteiger partial charge in [-0.3, -0.25) is 9.59 Å². The summed E-state index contributed by atoms with van der Waals surface area (Å²) in [6, 6.07) is 7.54. The van der Waals surface area contributed by atoms with Crippen LogP contribution in [0.3, 0.4) is 0 Å². The minimum Gasteiger partial charge on any atom is -0.486 e. The van der Waals surface area contributed by atoms with Crippen LogP contribution >= 0.6 is 11.8 Å². The molecule has 0 unspecified atom stereocenters. The van der Waals surface area contributed by atoms with Crippen LogP contribution in [0.15, 0.2) is 41.0 Å². The molecule has 0 spiro atoms. The van der Waals surface area contributed by atoms with E-state index in [9.17, 15) is 14.4 Å². The van der Waals surface area contributed by atoms with Crippen molar-refractivity contribution in [1.82, 2.24) is 4.90 Å². The highest BCUT2D eigenvalue weighted by Crippen LogP contribution is 2.41. The molecule has 0 saturated carbocycles. The van der Waals surface area contributed by atoms with E-state index in [1.165, 1.54) is 29.8 Å². The molecule has 0 bridgehead atoms. The predicted octanol–water partition coefficient (Wildman–Crippen LogP) is 2.44. The number of carbonyl (C=O) groups excluding carboxylic acids is 3. The number of hydrogen-bond donors (Lipinski definition) is 0. The largest absolute Gasteiger partial charge is 0.486 e. The van der Waals surface area contributed by atoms with Gasteiger partial charge in [-0.1, -0.05) is 0 Å². The fourth-order valence-corrected chi connectivity index (χ4v) is 4.67. The third-order valence-electron chi connectivity index (χ3n) is 4.63. The minimum absolute atomic E-state index is 0.267. The van der Waals surface area contributed by atoms with E-state index in [1.807, 2.05) is 0 Å². The zero-order valence-corrected chi connectivity index (χ0v) is 16.5. The van der Waals surface area contributed by atoms with Gasteiger partial charge in [-0.2, -0.15) is 0 Å². The maximum Gasteiger partial charge on any atom is 0.330 e. The molecule has 1 aromatic carbocycles. The van der Waals surface area contributed by atoms with E-state index in [0.29, 0.717) is 41.8 Å². The molecule has 4 rings (SSSR count). The Morgan fingerprint density at radius 1 is 1.17 bits per heavy atom. The molecule has 152 valence electrons. The molecule has 2 aliphatic rings. The van der Waals surface area contributed by atoms with Crippen molar-refractivity contribution in [3.05, 3.63) is 47.9 Å². The number of fused-ring (bicyclic) bond motifs is 1. The van der Waals surface area contributed by atoms with Crippen LogP contribution < -0.4 is 9.47 Å². The first-order valence-electron chi connectivity index (χ1n) is 9.08. The van der Waals surface area contributed by atoms with E-state index in [0.717, 1.165) is 0 Å². The second kappa shape index (κ2) is 8.20. The van der Waals surface area contributed by atoms with Gasteiger partial charge in [-0.15, -0.1) is 11.8 Å². The van der Waals surface area contributed by atoms with Gasteiger partial charge in [0.25, 0.3) is 0 Å². The van der Waals surface area contributed by atoms with Crippen LogP contribution in [0.2, 0.25) is 0 Å².